The van der Waals surface area contributed by atoms with Crippen molar-refractivity contribution in [1.82, 2.24) is 19.6 Å². The van der Waals surface area contributed by atoms with E-state index in [9.17, 15) is 4.79 Å². The maximum atomic E-state index is 13.2. The Kier molecular flexibility index (Phi) is 5.97. The van der Waals surface area contributed by atoms with Gasteiger partial charge in [-0.2, -0.15) is 5.10 Å². The van der Waals surface area contributed by atoms with E-state index in [1.54, 1.807) is 6.20 Å². The summed E-state index contributed by atoms with van der Waals surface area (Å²) >= 11 is 5.98. The molecule has 29 heavy (non-hydrogen) atoms. The van der Waals surface area contributed by atoms with Gasteiger partial charge in [-0.1, -0.05) is 41.9 Å². The van der Waals surface area contributed by atoms with Crippen LogP contribution in [0.25, 0.3) is 5.69 Å². The number of benzene rings is 2. The first-order valence-corrected chi connectivity index (χ1v) is 10.4. The molecule has 5 nitrogen and oxygen atoms in total. The highest BCUT2D eigenvalue weighted by atomic mass is 35.5. The fourth-order valence-corrected chi connectivity index (χ4v) is 3.93. The standard InChI is InChI=1S/C23H25ClN4O/c1-18-22(16-25-28(18)21-6-3-2-4-7-21)23(29)27-13-5-12-26(14-15-27)17-19-8-10-20(24)11-9-19/h2-4,6-11,16H,5,12-15,17H2,1H3. The molecule has 0 N–H and O–H groups in total. The van der Waals surface area contributed by atoms with Gasteiger partial charge < -0.3 is 4.90 Å². The van der Waals surface area contributed by atoms with Gasteiger partial charge in [0.1, 0.15) is 0 Å². The first kappa shape index (κ1) is 19.7. The second-order valence-corrected chi connectivity index (χ2v) is 7.88. The van der Waals surface area contributed by atoms with Gasteiger partial charge in [-0.25, -0.2) is 4.68 Å². The SMILES string of the molecule is Cc1c(C(=O)N2CCCN(Cc3ccc(Cl)cc3)CC2)cnn1-c1ccccc1. The van der Waals surface area contributed by atoms with E-state index >= 15 is 0 Å². The zero-order valence-electron chi connectivity index (χ0n) is 16.6. The molecule has 150 valence electrons. The monoisotopic (exact) mass is 408 g/mol. The second kappa shape index (κ2) is 8.80. The quantitative estimate of drug-likeness (QED) is 0.650. The van der Waals surface area contributed by atoms with Gasteiger partial charge >= 0.3 is 0 Å². The van der Waals surface area contributed by atoms with Gasteiger partial charge in [-0.05, 0) is 43.2 Å². The number of carbonyl (C=O) groups excluding carboxylic acids is 1. The van der Waals surface area contributed by atoms with Gasteiger partial charge in [0.2, 0.25) is 0 Å². The number of amides is 1. The summed E-state index contributed by atoms with van der Waals surface area (Å²) < 4.78 is 1.83. The van der Waals surface area contributed by atoms with E-state index in [1.165, 1.54) is 5.56 Å². The zero-order chi connectivity index (χ0) is 20.2. The first-order valence-electron chi connectivity index (χ1n) is 9.98. The average molecular weight is 409 g/mol. The van der Waals surface area contributed by atoms with Crippen molar-refractivity contribution < 1.29 is 4.79 Å². The summed E-state index contributed by atoms with van der Waals surface area (Å²) in [4.78, 5) is 17.5. The van der Waals surface area contributed by atoms with Crippen LogP contribution in [0.15, 0.2) is 60.8 Å². The predicted molar refractivity (Wildman–Crippen MR) is 116 cm³/mol. The maximum absolute atomic E-state index is 13.2. The van der Waals surface area contributed by atoms with Crippen LogP contribution in [0.4, 0.5) is 0 Å². The van der Waals surface area contributed by atoms with Crippen molar-refractivity contribution in [2.24, 2.45) is 0 Å². The summed E-state index contributed by atoms with van der Waals surface area (Å²) in [6.07, 6.45) is 2.66. The Hall–Kier alpha value is -2.63. The third kappa shape index (κ3) is 4.52. The highest BCUT2D eigenvalue weighted by molar-refractivity contribution is 6.30. The summed E-state index contributed by atoms with van der Waals surface area (Å²) in [6.45, 7) is 6.17. The lowest BCUT2D eigenvalue weighted by molar-refractivity contribution is 0.0760. The molecule has 1 aliphatic rings. The molecule has 6 heteroatoms. The van der Waals surface area contributed by atoms with Crippen LogP contribution in [0.1, 0.15) is 28.0 Å². The molecule has 2 heterocycles. The third-order valence-electron chi connectivity index (χ3n) is 5.44. The lowest BCUT2D eigenvalue weighted by Crippen LogP contribution is -2.35. The van der Waals surface area contributed by atoms with Crippen LogP contribution >= 0.6 is 11.6 Å². The molecule has 0 radical (unpaired) electrons. The number of para-hydroxylation sites is 1. The maximum Gasteiger partial charge on any atom is 0.257 e. The number of nitrogens with zero attached hydrogens (tertiary/aromatic N) is 4. The number of carbonyl (C=O) groups is 1. The Balaban J connectivity index is 1.42. The highest BCUT2D eigenvalue weighted by Crippen LogP contribution is 2.18. The van der Waals surface area contributed by atoms with Gasteiger partial charge in [0, 0.05) is 37.7 Å². The van der Waals surface area contributed by atoms with E-state index in [-0.39, 0.29) is 5.91 Å². The molecule has 1 aliphatic heterocycles. The number of rotatable bonds is 4. The van der Waals surface area contributed by atoms with Crippen LogP contribution in [0.2, 0.25) is 5.02 Å². The molecule has 0 bridgehead atoms. The van der Waals surface area contributed by atoms with Crippen molar-refractivity contribution >= 4 is 17.5 Å². The number of hydrogen-bond donors (Lipinski definition) is 0. The minimum absolute atomic E-state index is 0.0676. The lowest BCUT2D eigenvalue weighted by Gasteiger charge is -2.22. The summed E-state index contributed by atoms with van der Waals surface area (Å²) in [6, 6.07) is 17.9. The van der Waals surface area contributed by atoms with Crippen LogP contribution < -0.4 is 0 Å². The van der Waals surface area contributed by atoms with E-state index in [0.717, 1.165) is 55.5 Å². The minimum Gasteiger partial charge on any atom is -0.337 e. The highest BCUT2D eigenvalue weighted by Gasteiger charge is 2.23. The summed E-state index contributed by atoms with van der Waals surface area (Å²) in [5.74, 6) is 0.0676. The van der Waals surface area contributed by atoms with Crippen molar-refractivity contribution in [2.45, 2.75) is 19.9 Å². The van der Waals surface area contributed by atoms with E-state index < -0.39 is 0 Å². The summed E-state index contributed by atoms with van der Waals surface area (Å²) in [7, 11) is 0. The van der Waals surface area contributed by atoms with Crippen LogP contribution in [-0.4, -0.2) is 51.7 Å². The van der Waals surface area contributed by atoms with Crippen LogP contribution in [0.3, 0.4) is 0 Å². The molecule has 3 aromatic rings. The van der Waals surface area contributed by atoms with Crippen LogP contribution in [-0.2, 0) is 6.54 Å². The number of halogens is 1. The van der Waals surface area contributed by atoms with Crippen molar-refractivity contribution in [3.8, 4) is 5.69 Å². The van der Waals surface area contributed by atoms with Gasteiger partial charge in [0.15, 0.2) is 0 Å². The minimum atomic E-state index is 0.0676. The van der Waals surface area contributed by atoms with Gasteiger partial charge in [-0.3, -0.25) is 9.69 Å². The Morgan fingerprint density at radius 3 is 2.52 bits per heavy atom. The molecule has 0 unspecified atom stereocenters. The number of hydrogen-bond acceptors (Lipinski definition) is 3. The van der Waals surface area contributed by atoms with Crippen molar-refractivity contribution in [1.29, 1.82) is 0 Å². The average Bonchev–Trinajstić information content (AvgIpc) is 2.97. The van der Waals surface area contributed by atoms with Crippen LogP contribution in [0, 0.1) is 6.92 Å². The Morgan fingerprint density at radius 1 is 1.00 bits per heavy atom. The summed E-state index contributed by atoms with van der Waals surface area (Å²) in [5, 5.41) is 5.21. The molecule has 2 aromatic carbocycles. The number of aromatic nitrogens is 2. The third-order valence-corrected chi connectivity index (χ3v) is 5.69. The fourth-order valence-electron chi connectivity index (χ4n) is 3.80. The topological polar surface area (TPSA) is 41.4 Å². The first-order chi connectivity index (χ1) is 14.1. The molecule has 1 saturated heterocycles. The molecular formula is C23H25ClN4O. The molecule has 0 saturated carbocycles. The molecule has 1 aromatic heterocycles. The smallest absolute Gasteiger partial charge is 0.257 e. The normalized spacial score (nSPS) is 15.3. The molecule has 0 atom stereocenters. The molecule has 1 fully saturated rings. The van der Waals surface area contributed by atoms with Gasteiger partial charge in [0.25, 0.3) is 5.91 Å². The zero-order valence-corrected chi connectivity index (χ0v) is 17.3. The van der Waals surface area contributed by atoms with Gasteiger partial charge in [-0.15, -0.1) is 0 Å². The van der Waals surface area contributed by atoms with E-state index in [2.05, 4.69) is 22.1 Å². The molecule has 4 rings (SSSR count). The molecule has 0 aliphatic carbocycles. The van der Waals surface area contributed by atoms with Crippen LogP contribution in [0.5, 0.6) is 0 Å². The predicted octanol–water partition coefficient (Wildman–Crippen LogP) is 4.18. The summed E-state index contributed by atoms with van der Waals surface area (Å²) in [5.41, 5.74) is 3.77. The Bertz CT molecular complexity index is 968. The van der Waals surface area contributed by atoms with Gasteiger partial charge in [0.05, 0.1) is 23.1 Å². The second-order valence-electron chi connectivity index (χ2n) is 7.44. The van der Waals surface area contributed by atoms with E-state index in [1.807, 2.05) is 59.0 Å². The molecule has 1 amide bonds. The van der Waals surface area contributed by atoms with Crippen molar-refractivity contribution in [3.63, 3.8) is 0 Å². The van der Waals surface area contributed by atoms with E-state index in [0.29, 0.717) is 5.56 Å². The largest absolute Gasteiger partial charge is 0.337 e. The fraction of sp³-hybridized carbons (Fsp3) is 0.304. The van der Waals surface area contributed by atoms with Crippen molar-refractivity contribution in [2.75, 3.05) is 26.2 Å². The molecular weight excluding hydrogens is 384 g/mol. The lowest BCUT2D eigenvalue weighted by atomic mass is 10.2. The molecule has 0 spiro atoms. The Labute approximate surface area is 176 Å². The van der Waals surface area contributed by atoms with E-state index in [4.69, 9.17) is 11.6 Å². The Morgan fingerprint density at radius 2 is 1.76 bits per heavy atom. The van der Waals surface area contributed by atoms with Crippen molar-refractivity contribution in [3.05, 3.63) is 82.6 Å².